The Morgan fingerprint density at radius 2 is 1.83 bits per heavy atom. The molecule has 0 spiro atoms. The monoisotopic (exact) mass is 325 g/mol. The molecule has 120 valence electrons. The third-order valence-electron chi connectivity index (χ3n) is 2.87. The summed E-state index contributed by atoms with van der Waals surface area (Å²) >= 11 is 0. The van der Waals surface area contributed by atoms with Crippen LogP contribution < -0.4 is 5.48 Å². The predicted molar refractivity (Wildman–Crippen MR) is 75.7 cm³/mol. The number of nitro benzene ring substituents is 1. The fourth-order valence-corrected chi connectivity index (χ4v) is 1.77. The third-order valence-corrected chi connectivity index (χ3v) is 2.87. The number of aliphatic imine (C=N–C) groups is 1. The smallest absolute Gasteiger partial charge is 0.290 e. The third kappa shape index (κ3) is 4.04. The molecule has 2 rings (SSSR count). The Kier molecular flexibility index (Phi) is 4.60. The maximum atomic E-state index is 12.7. The van der Waals surface area contributed by atoms with E-state index < -0.39 is 16.7 Å². The number of hydrogen-bond donors (Lipinski definition) is 2. The minimum Gasteiger partial charge on any atom is -0.290 e. The average molecular weight is 325 g/mol. The summed E-state index contributed by atoms with van der Waals surface area (Å²) in [7, 11) is 0. The zero-order valence-corrected chi connectivity index (χ0v) is 11.4. The average Bonchev–Trinajstić information content (AvgIpc) is 2.52. The molecule has 0 atom stereocenters. The first-order valence-corrected chi connectivity index (χ1v) is 6.22. The number of nitrogens with zero attached hydrogens (tertiary/aromatic N) is 2. The molecule has 0 heterocycles. The molecule has 0 radical (unpaired) electrons. The van der Waals surface area contributed by atoms with Crippen molar-refractivity contribution in [3.05, 3.63) is 69.8 Å². The molecule has 9 heteroatoms. The molecule has 23 heavy (non-hydrogen) atoms. The van der Waals surface area contributed by atoms with Gasteiger partial charge in [-0.25, -0.2) is 4.99 Å². The van der Waals surface area contributed by atoms with Crippen LogP contribution in [0.3, 0.4) is 0 Å². The molecular formula is C14H10F3N3O3. The van der Waals surface area contributed by atoms with Gasteiger partial charge < -0.3 is 0 Å². The number of rotatable bonds is 3. The molecule has 0 unspecified atom stereocenters. The van der Waals surface area contributed by atoms with Gasteiger partial charge in [-0.3, -0.25) is 20.8 Å². The highest BCUT2D eigenvalue weighted by atomic mass is 19.4. The molecule has 2 N–H and O–H groups in total. The lowest BCUT2D eigenvalue weighted by molar-refractivity contribution is -0.384. The molecule has 2 aromatic carbocycles. The number of hydroxylamine groups is 1. The highest BCUT2D eigenvalue weighted by Crippen LogP contribution is 2.29. The number of non-ortho nitro benzene ring substituents is 1. The van der Waals surface area contributed by atoms with E-state index in [1.54, 1.807) is 5.48 Å². The minimum absolute atomic E-state index is 0.0145. The first kappa shape index (κ1) is 16.4. The molecule has 0 aliphatic rings. The number of nitrogens with one attached hydrogen (secondary N) is 1. The van der Waals surface area contributed by atoms with Crippen molar-refractivity contribution in [3.8, 4) is 0 Å². The van der Waals surface area contributed by atoms with Gasteiger partial charge in [-0.1, -0.05) is 12.1 Å². The molecule has 0 fully saturated rings. The van der Waals surface area contributed by atoms with Crippen molar-refractivity contribution in [3.63, 3.8) is 0 Å². The van der Waals surface area contributed by atoms with E-state index in [1.807, 2.05) is 0 Å². The summed E-state index contributed by atoms with van der Waals surface area (Å²) in [6.45, 7) is 0. The van der Waals surface area contributed by atoms with Crippen LogP contribution in [0, 0.1) is 10.1 Å². The second-order valence-electron chi connectivity index (χ2n) is 4.42. The van der Waals surface area contributed by atoms with Crippen molar-refractivity contribution in [2.75, 3.05) is 0 Å². The van der Waals surface area contributed by atoms with E-state index >= 15 is 0 Å². The van der Waals surface area contributed by atoms with Crippen LogP contribution in [0.5, 0.6) is 0 Å². The largest absolute Gasteiger partial charge is 0.416 e. The summed E-state index contributed by atoms with van der Waals surface area (Å²) in [5.41, 5.74) is 0.934. The van der Waals surface area contributed by atoms with E-state index in [0.29, 0.717) is 0 Å². The van der Waals surface area contributed by atoms with Crippen LogP contribution in [0.1, 0.15) is 11.1 Å². The van der Waals surface area contributed by atoms with Crippen molar-refractivity contribution < 1.29 is 23.3 Å². The van der Waals surface area contributed by atoms with E-state index in [9.17, 15) is 23.3 Å². The van der Waals surface area contributed by atoms with Crippen LogP contribution in [0.25, 0.3) is 0 Å². The van der Waals surface area contributed by atoms with Crippen LogP contribution in [0.4, 0.5) is 24.5 Å². The lowest BCUT2D eigenvalue weighted by atomic mass is 10.1. The van der Waals surface area contributed by atoms with Gasteiger partial charge in [0.15, 0.2) is 5.84 Å². The normalized spacial score (nSPS) is 12.1. The second kappa shape index (κ2) is 6.44. The van der Waals surface area contributed by atoms with Crippen LogP contribution in [0.15, 0.2) is 53.5 Å². The van der Waals surface area contributed by atoms with Crippen molar-refractivity contribution >= 4 is 17.2 Å². The summed E-state index contributed by atoms with van der Waals surface area (Å²) in [5.74, 6) is -0.218. The van der Waals surface area contributed by atoms with Crippen molar-refractivity contribution in [1.82, 2.24) is 5.48 Å². The number of amidine groups is 1. The lowest BCUT2D eigenvalue weighted by Crippen LogP contribution is -2.20. The van der Waals surface area contributed by atoms with Crippen molar-refractivity contribution in [2.24, 2.45) is 4.99 Å². The van der Waals surface area contributed by atoms with E-state index in [0.717, 1.165) is 12.1 Å². The van der Waals surface area contributed by atoms with Gasteiger partial charge in [0.25, 0.3) is 5.69 Å². The summed E-state index contributed by atoms with van der Waals surface area (Å²) in [6, 6.07) is 9.24. The SMILES string of the molecule is O=[N+]([O-])c1ccc(N=C(NO)c2cccc(C(F)(F)F)c2)cc1. The standard InChI is InChI=1S/C14H10F3N3O3/c15-14(16,17)10-3-1-2-9(8-10)13(19-21)18-11-4-6-12(7-5-11)20(22)23/h1-8,21H,(H,18,19). The summed E-state index contributed by atoms with van der Waals surface area (Å²) < 4.78 is 38.1. The summed E-state index contributed by atoms with van der Waals surface area (Å²) in [6.07, 6.45) is -4.52. The summed E-state index contributed by atoms with van der Waals surface area (Å²) in [4.78, 5) is 13.9. The lowest BCUT2D eigenvalue weighted by Gasteiger charge is -2.10. The number of alkyl halides is 3. The Morgan fingerprint density at radius 1 is 1.17 bits per heavy atom. The van der Waals surface area contributed by atoms with E-state index in [4.69, 9.17) is 5.21 Å². The number of nitro groups is 1. The fourth-order valence-electron chi connectivity index (χ4n) is 1.77. The highest BCUT2D eigenvalue weighted by molar-refractivity contribution is 5.99. The molecule has 0 amide bonds. The molecule has 0 saturated heterocycles. The van der Waals surface area contributed by atoms with Gasteiger partial charge in [0.05, 0.1) is 16.2 Å². The molecule has 0 saturated carbocycles. The van der Waals surface area contributed by atoms with Gasteiger partial charge in [-0.15, -0.1) is 0 Å². The zero-order valence-electron chi connectivity index (χ0n) is 11.4. The summed E-state index contributed by atoms with van der Waals surface area (Å²) in [5, 5.41) is 19.7. The van der Waals surface area contributed by atoms with Crippen LogP contribution in [0.2, 0.25) is 0 Å². The molecular weight excluding hydrogens is 315 g/mol. The van der Waals surface area contributed by atoms with Gasteiger partial charge in [-0.2, -0.15) is 13.2 Å². The Hall–Kier alpha value is -2.94. The molecule has 2 aromatic rings. The molecule has 0 aliphatic heterocycles. The van der Waals surface area contributed by atoms with Crippen LogP contribution in [-0.4, -0.2) is 16.0 Å². The van der Waals surface area contributed by atoms with Gasteiger partial charge in [-0.05, 0) is 24.3 Å². The van der Waals surface area contributed by atoms with Crippen molar-refractivity contribution in [1.29, 1.82) is 0 Å². The Morgan fingerprint density at radius 3 is 2.35 bits per heavy atom. The molecule has 0 aromatic heterocycles. The molecule has 6 nitrogen and oxygen atoms in total. The maximum absolute atomic E-state index is 12.7. The van der Waals surface area contributed by atoms with Gasteiger partial charge in [0.2, 0.25) is 0 Å². The second-order valence-corrected chi connectivity index (χ2v) is 4.42. The number of benzene rings is 2. The Labute approximate surface area is 128 Å². The Bertz CT molecular complexity index is 743. The minimum atomic E-state index is -4.52. The predicted octanol–water partition coefficient (Wildman–Crippen LogP) is 3.67. The van der Waals surface area contributed by atoms with E-state index in [-0.39, 0.29) is 22.8 Å². The topological polar surface area (TPSA) is 87.8 Å². The van der Waals surface area contributed by atoms with E-state index in [2.05, 4.69) is 4.99 Å². The fraction of sp³-hybridized carbons (Fsp3) is 0.0714. The van der Waals surface area contributed by atoms with Crippen LogP contribution in [-0.2, 0) is 6.18 Å². The highest BCUT2D eigenvalue weighted by Gasteiger charge is 2.30. The maximum Gasteiger partial charge on any atom is 0.416 e. The Balaban J connectivity index is 2.37. The zero-order chi connectivity index (χ0) is 17.0. The first-order chi connectivity index (χ1) is 10.8. The van der Waals surface area contributed by atoms with Gasteiger partial charge in [0.1, 0.15) is 0 Å². The number of halogens is 3. The van der Waals surface area contributed by atoms with Crippen molar-refractivity contribution in [2.45, 2.75) is 6.18 Å². The first-order valence-electron chi connectivity index (χ1n) is 6.22. The quantitative estimate of drug-likeness (QED) is 0.390. The van der Waals surface area contributed by atoms with Gasteiger partial charge >= 0.3 is 6.18 Å². The van der Waals surface area contributed by atoms with E-state index in [1.165, 1.54) is 36.4 Å². The van der Waals surface area contributed by atoms with Crippen LogP contribution >= 0.6 is 0 Å². The molecule has 0 aliphatic carbocycles. The van der Waals surface area contributed by atoms with Gasteiger partial charge in [0, 0.05) is 17.7 Å². The number of hydrogen-bond acceptors (Lipinski definition) is 4. The molecule has 0 bridgehead atoms.